The highest BCUT2D eigenvalue weighted by Crippen LogP contribution is 2.29. The van der Waals surface area contributed by atoms with Crippen LogP contribution in [0, 0.1) is 0 Å². The molecule has 1 N–H and O–H groups in total. The standard InChI is InChI=1S/C20H20F3NO2/c1-2-3-9-17(24-19(26)15-7-5-4-6-8-15)18(25)14-10-12-16(13-11-14)20(21,22)23/h4-8,10-13,17H,2-3,9H2,1H3,(H,24,26)/t17-/m0/s1. The Labute approximate surface area is 150 Å². The minimum absolute atomic E-state index is 0.146. The van der Waals surface area contributed by atoms with Gasteiger partial charge >= 0.3 is 6.18 Å². The molecule has 0 unspecified atom stereocenters. The first-order chi connectivity index (χ1) is 12.3. The minimum atomic E-state index is -4.45. The second-order valence-electron chi connectivity index (χ2n) is 5.97. The molecule has 1 amide bonds. The lowest BCUT2D eigenvalue weighted by atomic mass is 9.98. The maximum absolute atomic E-state index is 12.7. The number of nitrogens with one attached hydrogen (secondary N) is 1. The largest absolute Gasteiger partial charge is 0.416 e. The molecular formula is C20H20F3NO2. The fraction of sp³-hybridized carbons (Fsp3) is 0.300. The van der Waals surface area contributed by atoms with Gasteiger partial charge in [0.15, 0.2) is 5.78 Å². The predicted molar refractivity (Wildman–Crippen MR) is 93.0 cm³/mol. The Morgan fingerprint density at radius 3 is 2.12 bits per heavy atom. The molecule has 0 fully saturated rings. The van der Waals surface area contributed by atoms with E-state index in [1.165, 1.54) is 0 Å². The molecule has 0 aliphatic rings. The van der Waals surface area contributed by atoms with Crippen LogP contribution in [-0.2, 0) is 6.18 Å². The van der Waals surface area contributed by atoms with Crippen molar-refractivity contribution in [2.24, 2.45) is 0 Å². The number of halogens is 3. The zero-order valence-corrected chi connectivity index (χ0v) is 14.3. The van der Waals surface area contributed by atoms with Gasteiger partial charge in [-0.1, -0.05) is 50.1 Å². The summed E-state index contributed by atoms with van der Waals surface area (Å²) in [5.74, 6) is -0.775. The number of unbranched alkanes of at least 4 members (excludes halogenated alkanes) is 1. The van der Waals surface area contributed by atoms with E-state index in [1.54, 1.807) is 30.3 Å². The maximum atomic E-state index is 12.7. The molecule has 26 heavy (non-hydrogen) atoms. The van der Waals surface area contributed by atoms with Crippen LogP contribution in [0.5, 0.6) is 0 Å². The van der Waals surface area contributed by atoms with Crippen molar-refractivity contribution in [3.8, 4) is 0 Å². The molecule has 2 rings (SSSR count). The van der Waals surface area contributed by atoms with E-state index in [4.69, 9.17) is 0 Å². The normalized spacial score (nSPS) is 12.5. The number of amides is 1. The summed E-state index contributed by atoms with van der Waals surface area (Å²) in [6.07, 6.45) is -2.48. The molecule has 0 aliphatic carbocycles. The number of rotatable bonds is 7. The third-order valence-corrected chi connectivity index (χ3v) is 4.00. The molecule has 0 saturated carbocycles. The van der Waals surface area contributed by atoms with Gasteiger partial charge in [0.2, 0.25) is 0 Å². The van der Waals surface area contributed by atoms with Crippen molar-refractivity contribution in [2.75, 3.05) is 0 Å². The average molecular weight is 363 g/mol. The maximum Gasteiger partial charge on any atom is 0.416 e. The quantitative estimate of drug-likeness (QED) is 0.713. The molecule has 0 aromatic heterocycles. The molecule has 0 heterocycles. The van der Waals surface area contributed by atoms with E-state index in [-0.39, 0.29) is 11.5 Å². The van der Waals surface area contributed by atoms with Crippen LogP contribution in [0.4, 0.5) is 13.2 Å². The highest BCUT2D eigenvalue weighted by Gasteiger charge is 2.30. The second-order valence-corrected chi connectivity index (χ2v) is 5.97. The van der Waals surface area contributed by atoms with Crippen LogP contribution in [-0.4, -0.2) is 17.7 Å². The number of Topliss-reactive ketones (excluding diaryl/α,β-unsaturated/α-hetero) is 1. The van der Waals surface area contributed by atoms with E-state index in [0.29, 0.717) is 18.4 Å². The first-order valence-electron chi connectivity index (χ1n) is 8.40. The molecule has 0 radical (unpaired) electrons. The third-order valence-electron chi connectivity index (χ3n) is 4.00. The van der Waals surface area contributed by atoms with Crippen molar-refractivity contribution in [3.63, 3.8) is 0 Å². The molecule has 1 atom stereocenters. The van der Waals surface area contributed by atoms with Crippen LogP contribution in [0.2, 0.25) is 0 Å². The van der Waals surface area contributed by atoms with Gasteiger partial charge in [-0.15, -0.1) is 0 Å². The van der Waals surface area contributed by atoms with Crippen molar-refractivity contribution < 1.29 is 22.8 Å². The second kappa shape index (κ2) is 8.65. The number of carbonyl (C=O) groups excluding carboxylic acids is 2. The Morgan fingerprint density at radius 2 is 1.58 bits per heavy atom. The zero-order valence-electron chi connectivity index (χ0n) is 14.3. The molecule has 0 aliphatic heterocycles. The molecule has 0 saturated heterocycles. The molecule has 0 spiro atoms. The minimum Gasteiger partial charge on any atom is -0.342 e. The topological polar surface area (TPSA) is 46.2 Å². The first-order valence-corrected chi connectivity index (χ1v) is 8.40. The molecule has 0 bridgehead atoms. The Balaban J connectivity index is 2.17. The van der Waals surface area contributed by atoms with Crippen molar-refractivity contribution in [2.45, 2.75) is 38.4 Å². The van der Waals surface area contributed by atoms with Gasteiger partial charge in [0.25, 0.3) is 5.91 Å². The number of hydrogen-bond acceptors (Lipinski definition) is 2. The number of carbonyl (C=O) groups is 2. The van der Waals surface area contributed by atoms with Gasteiger partial charge in [-0.3, -0.25) is 9.59 Å². The van der Waals surface area contributed by atoms with Crippen molar-refractivity contribution >= 4 is 11.7 Å². The summed E-state index contributed by atoms with van der Waals surface area (Å²) in [6, 6.07) is 11.8. The van der Waals surface area contributed by atoms with E-state index >= 15 is 0 Å². The van der Waals surface area contributed by atoms with E-state index in [0.717, 1.165) is 30.7 Å². The summed E-state index contributed by atoms with van der Waals surface area (Å²) in [6.45, 7) is 1.96. The summed E-state index contributed by atoms with van der Waals surface area (Å²) in [5.41, 5.74) is -0.242. The van der Waals surface area contributed by atoms with E-state index in [1.807, 2.05) is 6.92 Å². The Kier molecular flexibility index (Phi) is 6.55. The van der Waals surface area contributed by atoms with Crippen LogP contribution < -0.4 is 5.32 Å². The van der Waals surface area contributed by atoms with Crippen molar-refractivity contribution in [1.29, 1.82) is 0 Å². The predicted octanol–water partition coefficient (Wildman–Crippen LogP) is 4.88. The van der Waals surface area contributed by atoms with E-state index in [9.17, 15) is 22.8 Å². The highest BCUT2D eigenvalue weighted by atomic mass is 19.4. The molecule has 2 aromatic rings. The smallest absolute Gasteiger partial charge is 0.342 e. The van der Waals surface area contributed by atoms with Crippen LogP contribution in [0.25, 0.3) is 0 Å². The fourth-order valence-corrected chi connectivity index (χ4v) is 2.53. The average Bonchev–Trinajstić information content (AvgIpc) is 2.64. The lowest BCUT2D eigenvalue weighted by Crippen LogP contribution is -2.40. The first kappa shape index (κ1) is 19.7. The number of ketones is 1. The highest BCUT2D eigenvalue weighted by molar-refractivity contribution is 6.04. The number of benzene rings is 2. The van der Waals surface area contributed by atoms with Crippen LogP contribution in [0.3, 0.4) is 0 Å². The lowest BCUT2D eigenvalue weighted by Gasteiger charge is -2.18. The van der Waals surface area contributed by atoms with Gasteiger partial charge in [0.1, 0.15) is 0 Å². The Hall–Kier alpha value is -2.63. The van der Waals surface area contributed by atoms with E-state index in [2.05, 4.69) is 5.32 Å². The van der Waals surface area contributed by atoms with Crippen molar-refractivity contribution in [1.82, 2.24) is 5.32 Å². The summed E-state index contributed by atoms with van der Waals surface area (Å²) in [7, 11) is 0. The Morgan fingerprint density at radius 1 is 0.962 bits per heavy atom. The van der Waals surface area contributed by atoms with Gasteiger partial charge in [0, 0.05) is 11.1 Å². The van der Waals surface area contributed by atoms with Crippen LogP contribution >= 0.6 is 0 Å². The van der Waals surface area contributed by atoms with E-state index < -0.39 is 23.6 Å². The van der Waals surface area contributed by atoms with Gasteiger partial charge in [-0.2, -0.15) is 13.2 Å². The summed E-state index contributed by atoms with van der Waals surface area (Å²) >= 11 is 0. The molecule has 138 valence electrons. The fourth-order valence-electron chi connectivity index (χ4n) is 2.53. The zero-order chi connectivity index (χ0) is 19.2. The van der Waals surface area contributed by atoms with Crippen LogP contribution in [0.1, 0.15) is 52.5 Å². The lowest BCUT2D eigenvalue weighted by molar-refractivity contribution is -0.137. The molecule has 2 aromatic carbocycles. The van der Waals surface area contributed by atoms with Gasteiger partial charge in [-0.25, -0.2) is 0 Å². The van der Waals surface area contributed by atoms with Gasteiger partial charge in [0.05, 0.1) is 11.6 Å². The monoisotopic (exact) mass is 363 g/mol. The number of hydrogen-bond donors (Lipinski definition) is 1. The van der Waals surface area contributed by atoms with Crippen molar-refractivity contribution in [3.05, 3.63) is 71.3 Å². The Bertz CT molecular complexity index is 740. The molecule has 6 heteroatoms. The van der Waals surface area contributed by atoms with Gasteiger partial charge in [-0.05, 0) is 30.7 Å². The summed E-state index contributed by atoms with van der Waals surface area (Å²) in [5, 5.41) is 2.70. The molecule has 3 nitrogen and oxygen atoms in total. The SMILES string of the molecule is CCCC[C@H](NC(=O)c1ccccc1)C(=O)c1ccc(C(F)(F)F)cc1. The molecular weight excluding hydrogens is 343 g/mol. The summed E-state index contributed by atoms with van der Waals surface area (Å²) in [4.78, 5) is 25.0. The van der Waals surface area contributed by atoms with Gasteiger partial charge < -0.3 is 5.32 Å². The number of alkyl halides is 3. The summed E-state index contributed by atoms with van der Waals surface area (Å²) < 4.78 is 38.0. The van der Waals surface area contributed by atoms with Crippen LogP contribution in [0.15, 0.2) is 54.6 Å². The third kappa shape index (κ3) is 5.18.